The molecule has 2 aromatic rings. The van der Waals surface area contributed by atoms with E-state index in [0.717, 1.165) is 19.4 Å². The molecular weight excluding hydrogens is 341 g/mol. The van der Waals surface area contributed by atoms with Crippen LogP contribution in [0.25, 0.3) is 0 Å². The predicted molar refractivity (Wildman–Crippen MR) is 97.5 cm³/mol. The van der Waals surface area contributed by atoms with Crippen LogP contribution in [0.2, 0.25) is 0 Å². The lowest BCUT2D eigenvalue weighted by Gasteiger charge is -2.37. The highest BCUT2D eigenvalue weighted by Gasteiger charge is 2.37. The molecule has 0 bridgehead atoms. The molecule has 2 aromatic carbocycles. The van der Waals surface area contributed by atoms with Gasteiger partial charge in [0, 0.05) is 13.1 Å². The first-order valence-electron chi connectivity index (χ1n) is 8.32. The van der Waals surface area contributed by atoms with Crippen molar-refractivity contribution in [3.05, 3.63) is 59.9 Å². The van der Waals surface area contributed by atoms with Gasteiger partial charge in [0.2, 0.25) is 0 Å². The molecule has 0 atom stereocenters. The third kappa shape index (κ3) is 3.68. The molecule has 1 aliphatic heterocycles. The van der Waals surface area contributed by atoms with Gasteiger partial charge in [0.1, 0.15) is 5.82 Å². The minimum Gasteiger partial charge on any atom is -0.320 e. The van der Waals surface area contributed by atoms with Crippen LogP contribution < -0.4 is 9.62 Å². The van der Waals surface area contributed by atoms with E-state index in [2.05, 4.69) is 5.32 Å². The molecule has 0 radical (unpaired) electrons. The lowest BCUT2D eigenvalue weighted by molar-refractivity contribution is 0.388. The number of unbranched alkanes of at least 4 members (excludes halogenated alkanes) is 1. The predicted octanol–water partition coefficient (Wildman–Crippen LogP) is 3.02. The van der Waals surface area contributed by atoms with Crippen LogP contribution in [-0.2, 0) is 16.8 Å². The third-order valence-electron chi connectivity index (χ3n) is 4.24. The number of fused-ring (bicyclic) bond motifs is 1. The summed E-state index contributed by atoms with van der Waals surface area (Å²) >= 11 is 0. The Hall–Kier alpha value is -1.96. The van der Waals surface area contributed by atoms with E-state index in [9.17, 15) is 12.8 Å². The van der Waals surface area contributed by atoms with Crippen molar-refractivity contribution in [3.63, 3.8) is 0 Å². The highest BCUT2D eigenvalue weighted by Crippen LogP contribution is 2.38. The van der Waals surface area contributed by atoms with Crippen molar-refractivity contribution in [2.45, 2.75) is 19.4 Å². The summed E-state index contributed by atoms with van der Waals surface area (Å²) in [6.45, 7) is 1.43. The van der Waals surface area contributed by atoms with Crippen LogP contribution in [0.5, 0.6) is 0 Å². The number of rotatable bonds is 6. The van der Waals surface area contributed by atoms with Gasteiger partial charge < -0.3 is 5.32 Å². The van der Waals surface area contributed by atoms with Gasteiger partial charge in [-0.25, -0.2) is 8.70 Å². The second kappa shape index (κ2) is 7.51. The fourth-order valence-corrected chi connectivity index (χ4v) is 4.72. The first kappa shape index (κ1) is 17.8. The van der Waals surface area contributed by atoms with Gasteiger partial charge >= 0.3 is 10.2 Å². The molecule has 1 aliphatic rings. The van der Waals surface area contributed by atoms with Crippen LogP contribution in [0.15, 0.2) is 48.5 Å². The number of para-hydroxylation sites is 1. The smallest absolute Gasteiger partial charge is 0.308 e. The standard InChI is InChI=1S/C18H22FN3O2S/c1-20-11-5-6-12-21-14-15-13-16(19)9-10-18(15)22(25(21,23)24)17-7-3-2-4-8-17/h2-4,7-10,13,20H,5-6,11-12,14H2,1H3. The second-order valence-corrected chi connectivity index (χ2v) is 7.80. The van der Waals surface area contributed by atoms with Crippen molar-refractivity contribution in [1.29, 1.82) is 0 Å². The van der Waals surface area contributed by atoms with E-state index in [1.807, 2.05) is 13.1 Å². The molecule has 134 valence electrons. The van der Waals surface area contributed by atoms with Gasteiger partial charge in [-0.05, 0) is 62.3 Å². The number of nitrogens with zero attached hydrogens (tertiary/aromatic N) is 2. The topological polar surface area (TPSA) is 52.6 Å². The summed E-state index contributed by atoms with van der Waals surface area (Å²) in [6, 6.07) is 13.2. The maximum atomic E-state index is 13.7. The molecule has 0 spiro atoms. The van der Waals surface area contributed by atoms with Gasteiger partial charge in [-0.3, -0.25) is 0 Å². The lowest BCUT2D eigenvalue weighted by atomic mass is 10.1. The van der Waals surface area contributed by atoms with Gasteiger partial charge in [-0.2, -0.15) is 12.7 Å². The molecule has 0 fully saturated rings. The Morgan fingerprint density at radius 3 is 2.60 bits per heavy atom. The van der Waals surface area contributed by atoms with Crippen LogP contribution in [-0.4, -0.2) is 32.9 Å². The summed E-state index contributed by atoms with van der Waals surface area (Å²) in [6.07, 6.45) is 1.62. The van der Waals surface area contributed by atoms with Crippen LogP contribution >= 0.6 is 0 Å². The molecule has 7 heteroatoms. The Morgan fingerprint density at radius 1 is 1.12 bits per heavy atom. The lowest BCUT2D eigenvalue weighted by Crippen LogP contribution is -2.45. The second-order valence-electron chi connectivity index (χ2n) is 6.02. The summed E-state index contributed by atoms with van der Waals surface area (Å²) in [5.74, 6) is -0.360. The molecule has 0 unspecified atom stereocenters. The van der Waals surface area contributed by atoms with Crippen molar-refractivity contribution >= 4 is 21.6 Å². The van der Waals surface area contributed by atoms with E-state index >= 15 is 0 Å². The highest BCUT2D eigenvalue weighted by atomic mass is 32.2. The van der Waals surface area contributed by atoms with Crippen molar-refractivity contribution in [3.8, 4) is 0 Å². The summed E-state index contributed by atoms with van der Waals surface area (Å²) in [5.41, 5.74) is 1.74. The fourth-order valence-electron chi connectivity index (χ4n) is 3.01. The van der Waals surface area contributed by atoms with E-state index in [1.165, 1.54) is 26.8 Å². The maximum absolute atomic E-state index is 13.7. The Labute approximate surface area is 148 Å². The largest absolute Gasteiger partial charge is 0.320 e. The molecular formula is C18H22FN3O2S. The van der Waals surface area contributed by atoms with E-state index in [1.54, 1.807) is 24.3 Å². The minimum absolute atomic E-state index is 0.193. The molecule has 0 saturated carbocycles. The molecule has 0 aromatic heterocycles. The van der Waals surface area contributed by atoms with Crippen molar-refractivity contribution in [2.75, 3.05) is 24.4 Å². The van der Waals surface area contributed by atoms with Crippen LogP contribution in [0.1, 0.15) is 18.4 Å². The van der Waals surface area contributed by atoms with Crippen molar-refractivity contribution < 1.29 is 12.8 Å². The van der Waals surface area contributed by atoms with Gasteiger partial charge in [-0.15, -0.1) is 0 Å². The Balaban J connectivity index is 2.00. The monoisotopic (exact) mass is 363 g/mol. The van der Waals surface area contributed by atoms with E-state index in [-0.39, 0.29) is 12.4 Å². The van der Waals surface area contributed by atoms with Gasteiger partial charge in [-0.1, -0.05) is 18.2 Å². The minimum atomic E-state index is -3.71. The summed E-state index contributed by atoms with van der Waals surface area (Å²) < 4.78 is 42.8. The Morgan fingerprint density at radius 2 is 1.88 bits per heavy atom. The molecule has 3 rings (SSSR count). The molecule has 0 amide bonds. The summed E-state index contributed by atoms with van der Waals surface area (Å²) in [5, 5.41) is 3.06. The molecule has 5 nitrogen and oxygen atoms in total. The number of benzene rings is 2. The van der Waals surface area contributed by atoms with Crippen molar-refractivity contribution in [2.24, 2.45) is 0 Å². The average molecular weight is 363 g/mol. The van der Waals surface area contributed by atoms with Crippen LogP contribution in [0, 0.1) is 5.82 Å². The quantitative estimate of drug-likeness (QED) is 0.803. The number of hydrogen-bond acceptors (Lipinski definition) is 3. The normalized spacial score (nSPS) is 16.6. The third-order valence-corrected chi connectivity index (χ3v) is 6.07. The highest BCUT2D eigenvalue weighted by molar-refractivity contribution is 7.90. The zero-order valence-corrected chi connectivity index (χ0v) is 15.0. The van der Waals surface area contributed by atoms with Crippen molar-refractivity contribution in [1.82, 2.24) is 9.62 Å². The molecule has 0 saturated heterocycles. The fraction of sp³-hybridized carbons (Fsp3) is 0.333. The average Bonchev–Trinajstić information content (AvgIpc) is 2.59. The first-order valence-corrected chi connectivity index (χ1v) is 9.72. The maximum Gasteiger partial charge on any atom is 0.308 e. The SMILES string of the molecule is CNCCCCN1Cc2cc(F)ccc2N(c2ccccc2)S1(=O)=O. The van der Waals surface area contributed by atoms with Crippen LogP contribution in [0.4, 0.5) is 15.8 Å². The number of hydrogen-bond donors (Lipinski definition) is 1. The molecule has 25 heavy (non-hydrogen) atoms. The van der Waals surface area contributed by atoms with E-state index < -0.39 is 10.2 Å². The number of halogens is 1. The van der Waals surface area contributed by atoms with Gasteiger partial charge in [0.25, 0.3) is 0 Å². The molecule has 0 aliphatic carbocycles. The molecule has 1 N–H and O–H groups in total. The number of nitrogens with one attached hydrogen (secondary N) is 1. The zero-order chi connectivity index (χ0) is 17.9. The summed E-state index contributed by atoms with van der Waals surface area (Å²) in [7, 11) is -1.84. The van der Waals surface area contributed by atoms with Gasteiger partial charge in [0.15, 0.2) is 0 Å². The van der Waals surface area contributed by atoms with E-state index in [0.29, 0.717) is 23.5 Å². The molecule has 1 heterocycles. The first-order chi connectivity index (χ1) is 12.0. The van der Waals surface area contributed by atoms with Crippen LogP contribution in [0.3, 0.4) is 0 Å². The number of anilines is 2. The summed E-state index contributed by atoms with van der Waals surface area (Å²) in [4.78, 5) is 0. The van der Waals surface area contributed by atoms with Gasteiger partial charge in [0.05, 0.1) is 11.4 Å². The Bertz CT molecular complexity index is 827. The Kier molecular flexibility index (Phi) is 5.36. The zero-order valence-electron chi connectivity index (χ0n) is 14.2. The van der Waals surface area contributed by atoms with E-state index in [4.69, 9.17) is 0 Å².